The van der Waals surface area contributed by atoms with E-state index in [1.807, 2.05) is 122 Å². The summed E-state index contributed by atoms with van der Waals surface area (Å²) in [5, 5.41) is 14.9. The van der Waals surface area contributed by atoms with E-state index < -0.39 is 34.9 Å². The summed E-state index contributed by atoms with van der Waals surface area (Å²) < 4.78 is 22.2. The van der Waals surface area contributed by atoms with E-state index in [1.165, 1.54) is 17.0 Å². The van der Waals surface area contributed by atoms with Crippen molar-refractivity contribution in [2.45, 2.75) is 50.6 Å². The van der Waals surface area contributed by atoms with Gasteiger partial charge in [-0.2, -0.15) is 0 Å². The van der Waals surface area contributed by atoms with Gasteiger partial charge in [0.15, 0.2) is 5.54 Å². The molecule has 6 nitrogen and oxygen atoms in total. The van der Waals surface area contributed by atoms with Crippen LogP contribution in [0.15, 0.2) is 133 Å². The molecule has 1 aliphatic rings. The van der Waals surface area contributed by atoms with E-state index in [-0.39, 0.29) is 25.1 Å². The van der Waals surface area contributed by atoms with Crippen LogP contribution in [0.3, 0.4) is 0 Å². The van der Waals surface area contributed by atoms with Gasteiger partial charge in [0.2, 0.25) is 5.60 Å². The van der Waals surface area contributed by atoms with Gasteiger partial charge in [0.05, 0.1) is 24.9 Å². The van der Waals surface area contributed by atoms with E-state index in [1.54, 1.807) is 13.0 Å². The minimum atomic E-state index is -2.16. The number of aryl methyl sites for hydroxylation is 1. The maximum atomic E-state index is 15.3. The fraction of sp³-hybridized carbons (Fsp3) is 0.200. The molecule has 0 radical (unpaired) electrons. The monoisotopic (exact) mass is 628 g/mol. The maximum Gasteiger partial charge on any atom is 0.327 e. The van der Waals surface area contributed by atoms with Crippen molar-refractivity contribution in [3.8, 4) is 0 Å². The number of nitrogens with one attached hydrogen (secondary N) is 1. The van der Waals surface area contributed by atoms with Gasteiger partial charge < -0.3 is 14.7 Å². The molecule has 0 saturated heterocycles. The molecule has 1 heterocycles. The van der Waals surface area contributed by atoms with E-state index in [0.29, 0.717) is 5.69 Å². The molecule has 0 aromatic heterocycles. The van der Waals surface area contributed by atoms with Crippen molar-refractivity contribution >= 4 is 17.6 Å². The molecule has 5 aromatic carbocycles. The Morgan fingerprint density at radius 1 is 0.872 bits per heavy atom. The summed E-state index contributed by atoms with van der Waals surface area (Å²) in [6, 6.07) is 39.5. The number of carbonyl (C=O) groups is 2. The lowest BCUT2D eigenvalue weighted by Crippen LogP contribution is -2.70. The Morgan fingerprint density at radius 3 is 2.02 bits per heavy atom. The molecule has 2 atom stereocenters. The van der Waals surface area contributed by atoms with Crippen LogP contribution >= 0.6 is 0 Å². The number of carboxylic acids is 1. The van der Waals surface area contributed by atoms with Crippen LogP contribution in [0.2, 0.25) is 0 Å². The summed E-state index contributed by atoms with van der Waals surface area (Å²) in [5.74, 6) is -2.46. The molecule has 0 fully saturated rings. The maximum absolute atomic E-state index is 15.3. The molecular formula is C40H37FN2O4. The number of nitrogens with zero attached hydrogens (tertiary/aromatic N) is 1. The first-order valence-corrected chi connectivity index (χ1v) is 15.8. The van der Waals surface area contributed by atoms with Gasteiger partial charge in [-0.1, -0.05) is 122 Å². The van der Waals surface area contributed by atoms with Crippen LogP contribution in [0.1, 0.15) is 52.8 Å². The SMILES string of the molecule is CCC(NC(c1ccccc1)c1ccccc1)(C(=O)O)C1(OCc2ccccc2C)C(=O)N(Cc2ccccc2)c2ccc(F)cc21. The van der Waals surface area contributed by atoms with E-state index in [2.05, 4.69) is 5.32 Å². The van der Waals surface area contributed by atoms with Crippen molar-refractivity contribution in [3.63, 3.8) is 0 Å². The van der Waals surface area contributed by atoms with Gasteiger partial charge in [0.1, 0.15) is 5.82 Å². The number of benzene rings is 5. The molecule has 6 rings (SSSR count). The smallest absolute Gasteiger partial charge is 0.327 e. The highest BCUT2D eigenvalue weighted by Crippen LogP contribution is 2.52. The average Bonchev–Trinajstić information content (AvgIpc) is 3.32. The fourth-order valence-corrected chi connectivity index (χ4v) is 6.71. The first-order valence-electron chi connectivity index (χ1n) is 15.8. The molecule has 2 unspecified atom stereocenters. The predicted molar refractivity (Wildman–Crippen MR) is 180 cm³/mol. The number of carbonyl (C=O) groups excluding carboxylic acids is 1. The second-order valence-electron chi connectivity index (χ2n) is 11.9. The molecule has 7 heteroatoms. The first-order chi connectivity index (χ1) is 22.8. The van der Waals surface area contributed by atoms with Gasteiger partial charge in [0, 0.05) is 5.56 Å². The Morgan fingerprint density at radius 2 is 1.45 bits per heavy atom. The van der Waals surface area contributed by atoms with Gasteiger partial charge in [-0.25, -0.2) is 4.39 Å². The van der Waals surface area contributed by atoms with Crippen LogP contribution in [-0.2, 0) is 33.1 Å². The van der Waals surface area contributed by atoms with Crippen molar-refractivity contribution in [2.24, 2.45) is 0 Å². The minimum Gasteiger partial charge on any atom is -0.480 e. The lowest BCUT2D eigenvalue weighted by molar-refractivity contribution is -0.181. The molecule has 0 bridgehead atoms. The van der Waals surface area contributed by atoms with Gasteiger partial charge >= 0.3 is 5.97 Å². The molecule has 5 aromatic rings. The number of aliphatic carboxylic acids is 1. The number of hydrogen-bond acceptors (Lipinski definition) is 4. The van der Waals surface area contributed by atoms with E-state index in [9.17, 15) is 9.90 Å². The van der Waals surface area contributed by atoms with Crippen LogP contribution in [0, 0.1) is 12.7 Å². The minimum absolute atomic E-state index is 0.0624. The molecule has 238 valence electrons. The van der Waals surface area contributed by atoms with Crippen LogP contribution in [0.5, 0.6) is 0 Å². The van der Waals surface area contributed by atoms with Crippen molar-refractivity contribution in [1.29, 1.82) is 0 Å². The summed E-state index contributed by atoms with van der Waals surface area (Å²) in [7, 11) is 0. The summed E-state index contributed by atoms with van der Waals surface area (Å²) in [5.41, 5.74) is 0.507. The molecule has 47 heavy (non-hydrogen) atoms. The highest BCUT2D eigenvalue weighted by atomic mass is 19.1. The highest BCUT2D eigenvalue weighted by molar-refractivity contribution is 6.11. The summed E-state index contributed by atoms with van der Waals surface area (Å²) in [6.45, 7) is 3.72. The Hall–Kier alpha value is -5.11. The molecule has 2 N–H and O–H groups in total. The fourth-order valence-electron chi connectivity index (χ4n) is 6.71. The summed E-state index contributed by atoms with van der Waals surface area (Å²) >= 11 is 0. The average molecular weight is 629 g/mol. The van der Waals surface area contributed by atoms with E-state index in [4.69, 9.17) is 4.74 Å². The van der Waals surface area contributed by atoms with Gasteiger partial charge in [-0.15, -0.1) is 0 Å². The second kappa shape index (κ2) is 13.3. The topological polar surface area (TPSA) is 78.9 Å². The largest absolute Gasteiger partial charge is 0.480 e. The van der Waals surface area contributed by atoms with Crippen molar-refractivity contribution in [2.75, 3.05) is 4.90 Å². The van der Waals surface area contributed by atoms with Crippen molar-refractivity contribution in [1.82, 2.24) is 5.32 Å². The molecule has 1 aliphatic heterocycles. The number of fused-ring (bicyclic) bond motifs is 1. The van der Waals surface area contributed by atoms with E-state index in [0.717, 1.165) is 27.8 Å². The zero-order valence-corrected chi connectivity index (χ0v) is 26.4. The first kappa shape index (κ1) is 31.9. The molecule has 1 amide bonds. The molecule has 0 saturated carbocycles. The number of anilines is 1. The van der Waals surface area contributed by atoms with Crippen LogP contribution < -0.4 is 10.2 Å². The second-order valence-corrected chi connectivity index (χ2v) is 11.9. The van der Waals surface area contributed by atoms with E-state index >= 15 is 9.18 Å². The number of rotatable bonds is 12. The number of ether oxygens (including phenoxy) is 1. The summed E-state index contributed by atoms with van der Waals surface area (Å²) in [4.78, 5) is 30.8. The lowest BCUT2D eigenvalue weighted by Gasteiger charge is -2.46. The zero-order chi connectivity index (χ0) is 33.0. The van der Waals surface area contributed by atoms with Crippen LogP contribution in [-0.4, -0.2) is 22.5 Å². The quantitative estimate of drug-likeness (QED) is 0.148. The Bertz CT molecular complexity index is 1830. The third kappa shape index (κ3) is 5.73. The summed E-state index contributed by atoms with van der Waals surface area (Å²) in [6.07, 6.45) is -0.0624. The Kier molecular flexibility index (Phi) is 9.03. The Balaban J connectivity index is 1.60. The third-order valence-corrected chi connectivity index (χ3v) is 9.22. The van der Waals surface area contributed by atoms with Crippen molar-refractivity contribution < 1.29 is 23.8 Å². The lowest BCUT2D eigenvalue weighted by atomic mass is 9.72. The van der Waals surface area contributed by atoms with Gasteiger partial charge in [-0.3, -0.25) is 14.9 Å². The standard InChI is InChI=1S/C40H37FN2O4/c1-3-39(38(45)46,42-36(30-18-9-5-10-19-30)31-20-11-6-12-21-31)40(47-27-32-22-14-13-15-28(32)2)34-25-33(41)23-24-35(34)43(37(40)44)26-29-16-7-4-8-17-29/h4-25,36,42H,3,26-27H2,1-2H3,(H,45,46). The molecular weight excluding hydrogens is 591 g/mol. The van der Waals surface area contributed by atoms with Crippen molar-refractivity contribution in [3.05, 3.63) is 173 Å². The number of amides is 1. The predicted octanol–water partition coefficient (Wildman–Crippen LogP) is 7.71. The third-order valence-electron chi connectivity index (χ3n) is 9.22. The van der Waals surface area contributed by atoms with Gasteiger partial charge in [-0.05, 0) is 59.4 Å². The highest BCUT2D eigenvalue weighted by Gasteiger charge is 2.68. The number of halogens is 1. The van der Waals surface area contributed by atoms with Crippen LogP contribution in [0.4, 0.5) is 10.1 Å². The Labute approximate surface area is 274 Å². The van der Waals surface area contributed by atoms with Crippen LogP contribution in [0.25, 0.3) is 0 Å². The number of carboxylic acid groups (broad SMARTS) is 1. The number of hydrogen-bond donors (Lipinski definition) is 2. The normalized spacial score (nSPS) is 17.0. The van der Waals surface area contributed by atoms with Gasteiger partial charge in [0.25, 0.3) is 5.91 Å². The molecule has 0 spiro atoms. The molecule has 0 aliphatic carbocycles. The zero-order valence-electron chi connectivity index (χ0n) is 26.4.